The highest BCUT2D eigenvalue weighted by atomic mass is 32.2. The van der Waals surface area contributed by atoms with Crippen molar-refractivity contribution in [2.45, 2.75) is 15.2 Å². The smallest absolute Gasteiger partial charge is 0.160 e. The van der Waals surface area contributed by atoms with Gasteiger partial charge in [-0.25, -0.2) is 9.97 Å². The summed E-state index contributed by atoms with van der Waals surface area (Å²) in [5.74, 6) is 0.698. The maximum absolute atomic E-state index is 5.27. The Morgan fingerprint density at radius 2 is 0.867 bits per heavy atom. The van der Waals surface area contributed by atoms with Crippen LogP contribution >= 0.6 is 11.8 Å². The fourth-order valence-corrected chi connectivity index (χ4v) is 10.8. The van der Waals surface area contributed by atoms with Gasteiger partial charge in [0.05, 0.1) is 22.3 Å². The van der Waals surface area contributed by atoms with Gasteiger partial charge in [0, 0.05) is 43.6 Å². The van der Waals surface area contributed by atoms with E-state index in [0.717, 1.165) is 50.1 Å². The van der Waals surface area contributed by atoms with Crippen molar-refractivity contribution in [3.05, 3.63) is 235 Å². The minimum absolute atomic E-state index is 0.514. The molecule has 3 nitrogen and oxygen atoms in total. The van der Waals surface area contributed by atoms with Gasteiger partial charge in [0.25, 0.3) is 0 Å². The van der Waals surface area contributed by atoms with Crippen molar-refractivity contribution in [1.29, 1.82) is 0 Å². The number of pyridine rings is 1. The maximum Gasteiger partial charge on any atom is 0.160 e. The highest BCUT2D eigenvalue weighted by Gasteiger charge is 2.50. The van der Waals surface area contributed by atoms with E-state index < -0.39 is 5.41 Å². The Kier molecular flexibility index (Phi) is 8.00. The van der Waals surface area contributed by atoms with E-state index in [1.807, 2.05) is 36.2 Å². The predicted octanol–water partition coefficient (Wildman–Crippen LogP) is 14.2. The molecule has 0 unspecified atom stereocenters. The number of aromatic nitrogens is 3. The van der Waals surface area contributed by atoms with Gasteiger partial charge >= 0.3 is 0 Å². The first kappa shape index (κ1) is 34.6. The second-order valence-corrected chi connectivity index (χ2v) is 16.6. The van der Waals surface area contributed by atoms with E-state index in [2.05, 4.69) is 188 Å². The van der Waals surface area contributed by atoms with Crippen LogP contribution in [0.4, 0.5) is 0 Å². The average molecular weight is 782 g/mol. The van der Waals surface area contributed by atoms with Gasteiger partial charge < -0.3 is 0 Å². The van der Waals surface area contributed by atoms with E-state index in [1.54, 1.807) is 0 Å². The molecule has 12 rings (SSSR count). The van der Waals surface area contributed by atoms with E-state index in [9.17, 15) is 0 Å². The fourth-order valence-electron chi connectivity index (χ4n) is 9.58. The Morgan fingerprint density at radius 3 is 1.48 bits per heavy atom. The van der Waals surface area contributed by atoms with Crippen LogP contribution < -0.4 is 0 Å². The minimum Gasteiger partial charge on any atom is -0.256 e. The lowest BCUT2D eigenvalue weighted by molar-refractivity contribution is 0.722. The number of rotatable bonds is 5. The standard InChI is InChI=1S/C56H35N3S/c1-4-15-36(16-5-1)41-28-29-42(54-43(41)21-14-32-57-54)39-26-30-46-44(33-39)45-34-40(55-58-50(37-17-6-2-7-18-37)35-51(59-55)38-19-8-3-9-20-38)27-31-47(45)56(46)48-22-10-12-24-52(48)60-53-25-13-11-23-49(53)56/h1-35H. The summed E-state index contributed by atoms with van der Waals surface area (Å²) in [5, 5.41) is 1.14. The van der Waals surface area contributed by atoms with Crippen LogP contribution in [-0.4, -0.2) is 15.0 Å². The van der Waals surface area contributed by atoms with Crippen molar-refractivity contribution in [3.8, 4) is 67.3 Å². The van der Waals surface area contributed by atoms with Gasteiger partial charge in [-0.3, -0.25) is 4.98 Å². The summed E-state index contributed by atoms with van der Waals surface area (Å²) in [6.45, 7) is 0. The molecule has 0 fully saturated rings. The first-order valence-electron chi connectivity index (χ1n) is 20.3. The van der Waals surface area contributed by atoms with Crippen LogP contribution in [0.5, 0.6) is 0 Å². The number of benzene rings is 8. The van der Waals surface area contributed by atoms with Crippen molar-refractivity contribution in [1.82, 2.24) is 15.0 Å². The molecular weight excluding hydrogens is 747 g/mol. The average Bonchev–Trinajstić information content (AvgIpc) is 3.61. The minimum atomic E-state index is -0.514. The SMILES string of the molecule is c1ccc(-c2cc(-c3ccccc3)nc(-c3ccc4c(c3)-c3cc(-c5ccc(-c6ccccc6)c6cccnc56)ccc3C43c4ccccc4Sc4ccccc43)n2)cc1. The summed E-state index contributed by atoms with van der Waals surface area (Å²) in [7, 11) is 0. The Morgan fingerprint density at radius 1 is 0.350 bits per heavy atom. The fraction of sp³-hybridized carbons (Fsp3) is 0.0179. The molecule has 1 spiro atoms. The lowest BCUT2D eigenvalue weighted by Gasteiger charge is -2.39. The van der Waals surface area contributed by atoms with Gasteiger partial charge in [0.1, 0.15) is 0 Å². The second-order valence-electron chi connectivity index (χ2n) is 15.5. The molecule has 0 radical (unpaired) electrons. The summed E-state index contributed by atoms with van der Waals surface area (Å²) < 4.78 is 0. The quantitative estimate of drug-likeness (QED) is 0.174. The van der Waals surface area contributed by atoms with Crippen LogP contribution in [0.15, 0.2) is 222 Å². The van der Waals surface area contributed by atoms with Crippen LogP contribution in [0.1, 0.15) is 22.3 Å². The van der Waals surface area contributed by atoms with Crippen molar-refractivity contribution < 1.29 is 0 Å². The molecule has 2 aromatic heterocycles. The summed E-state index contributed by atoms with van der Waals surface area (Å²) >= 11 is 1.86. The zero-order chi connectivity index (χ0) is 39.6. The van der Waals surface area contributed by atoms with Gasteiger partial charge in [0.15, 0.2) is 5.82 Å². The molecule has 0 atom stereocenters. The lowest BCUT2D eigenvalue weighted by atomic mass is 9.67. The predicted molar refractivity (Wildman–Crippen MR) is 246 cm³/mol. The third-order valence-electron chi connectivity index (χ3n) is 12.2. The molecule has 8 aromatic carbocycles. The first-order chi connectivity index (χ1) is 29.7. The Labute approximate surface area is 353 Å². The van der Waals surface area contributed by atoms with Crippen molar-refractivity contribution >= 4 is 22.7 Å². The Hall–Kier alpha value is -7.40. The van der Waals surface area contributed by atoms with Crippen molar-refractivity contribution in [2.24, 2.45) is 0 Å². The molecule has 1 aliphatic carbocycles. The highest BCUT2D eigenvalue weighted by molar-refractivity contribution is 7.99. The topological polar surface area (TPSA) is 38.7 Å². The summed E-state index contributed by atoms with van der Waals surface area (Å²) in [6, 6.07) is 74.2. The number of fused-ring (bicyclic) bond motifs is 10. The van der Waals surface area contributed by atoms with Crippen LogP contribution in [0.3, 0.4) is 0 Å². The van der Waals surface area contributed by atoms with Crippen LogP contribution in [0.2, 0.25) is 0 Å². The van der Waals surface area contributed by atoms with Crippen LogP contribution in [0, 0.1) is 0 Å². The second kappa shape index (κ2) is 13.9. The normalized spacial score (nSPS) is 13.1. The number of nitrogens with zero attached hydrogens (tertiary/aromatic N) is 3. The largest absolute Gasteiger partial charge is 0.256 e. The van der Waals surface area contributed by atoms with Gasteiger partial charge in [0.2, 0.25) is 0 Å². The van der Waals surface area contributed by atoms with Crippen LogP contribution in [-0.2, 0) is 5.41 Å². The van der Waals surface area contributed by atoms with Gasteiger partial charge in [-0.15, -0.1) is 0 Å². The molecule has 10 aromatic rings. The van der Waals surface area contributed by atoms with E-state index in [4.69, 9.17) is 15.0 Å². The maximum atomic E-state index is 5.27. The molecule has 60 heavy (non-hydrogen) atoms. The third-order valence-corrected chi connectivity index (χ3v) is 13.4. The molecule has 0 saturated carbocycles. The van der Waals surface area contributed by atoms with E-state index >= 15 is 0 Å². The van der Waals surface area contributed by atoms with Crippen molar-refractivity contribution in [2.75, 3.05) is 0 Å². The molecule has 0 N–H and O–H groups in total. The number of hydrogen-bond acceptors (Lipinski definition) is 4. The Balaban J connectivity index is 1.12. The molecule has 4 heteroatoms. The highest BCUT2D eigenvalue weighted by Crippen LogP contribution is 2.62. The summed E-state index contributed by atoms with van der Waals surface area (Å²) in [4.78, 5) is 18.1. The van der Waals surface area contributed by atoms with Crippen LogP contribution in [0.25, 0.3) is 78.2 Å². The van der Waals surface area contributed by atoms with Gasteiger partial charge in [-0.1, -0.05) is 182 Å². The molecule has 2 aliphatic rings. The molecule has 0 amide bonds. The van der Waals surface area contributed by atoms with E-state index in [-0.39, 0.29) is 0 Å². The molecule has 280 valence electrons. The summed E-state index contributed by atoms with van der Waals surface area (Å²) in [5.41, 5.74) is 17.5. The molecule has 1 aliphatic heterocycles. The van der Waals surface area contributed by atoms with Gasteiger partial charge in [-0.05, 0) is 86.5 Å². The molecular formula is C56H35N3S. The first-order valence-corrected chi connectivity index (χ1v) is 21.2. The number of hydrogen-bond donors (Lipinski definition) is 0. The van der Waals surface area contributed by atoms with Gasteiger partial charge in [-0.2, -0.15) is 0 Å². The van der Waals surface area contributed by atoms with Crippen molar-refractivity contribution in [3.63, 3.8) is 0 Å². The zero-order valence-electron chi connectivity index (χ0n) is 32.5. The van der Waals surface area contributed by atoms with E-state index in [0.29, 0.717) is 5.82 Å². The third kappa shape index (κ3) is 5.35. The molecule has 3 heterocycles. The Bertz CT molecular complexity index is 3190. The lowest BCUT2D eigenvalue weighted by Crippen LogP contribution is -2.31. The molecule has 0 bridgehead atoms. The summed E-state index contributed by atoms with van der Waals surface area (Å²) in [6.07, 6.45) is 1.91. The molecule has 0 saturated heterocycles. The monoisotopic (exact) mass is 781 g/mol. The van der Waals surface area contributed by atoms with E-state index in [1.165, 1.54) is 54.3 Å². The zero-order valence-corrected chi connectivity index (χ0v) is 33.3.